The topological polar surface area (TPSA) is 52.5 Å². The van der Waals surface area contributed by atoms with Crippen LogP contribution in [-0.4, -0.2) is 16.3 Å². The lowest BCUT2D eigenvalue weighted by molar-refractivity contribution is 0.199. The van der Waals surface area contributed by atoms with Gasteiger partial charge in [-0.05, 0) is 56.2 Å². The second kappa shape index (κ2) is 5.41. The van der Waals surface area contributed by atoms with Crippen molar-refractivity contribution in [3.63, 3.8) is 0 Å². The van der Waals surface area contributed by atoms with Gasteiger partial charge < -0.3 is 15.5 Å². The van der Waals surface area contributed by atoms with Gasteiger partial charge in [0.2, 0.25) is 0 Å². The van der Waals surface area contributed by atoms with Crippen LogP contribution in [0.25, 0.3) is 0 Å². The monoisotopic (exact) mass is 263 g/mol. The van der Waals surface area contributed by atoms with Crippen LogP contribution in [-0.2, 0) is 0 Å². The Labute approximate surface area is 115 Å². The van der Waals surface area contributed by atoms with Crippen LogP contribution in [0.2, 0.25) is 0 Å². The molecule has 2 rings (SSSR count). The first-order valence-electron chi connectivity index (χ1n) is 7.15. The fourth-order valence-electron chi connectivity index (χ4n) is 2.90. The summed E-state index contributed by atoms with van der Waals surface area (Å²) in [5.41, 5.74) is 1.24. The summed E-state index contributed by atoms with van der Waals surface area (Å²) < 4.78 is 0. The van der Waals surface area contributed by atoms with E-state index in [4.69, 9.17) is 0 Å². The van der Waals surface area contributed by atoms with Gasteiger partial charge in [0.25, 0.3) is 0 Å². The standard InChI is InChI=1S/C16H25NO2/c1-11(14-10-13(18)4-5-15(14)19)17-12-6-8-16(2,3)9-7-12/h4-5,10-12,17-19H,6-9H2,1-3H3. The predicted octanol–water partition coefficient (Wildman–Crippen LogP) is 3.72. The number of nitrogens with one attached hydrogen (secondary N) is 1. The van der Waals surface area contributed by atoms with E-state index in [-0.39, 0.29) is 17.5 Å². The molecule has 0 bridgehead atoms. The van der Waals surface area contributed by atoms with Crippen LogP contribution in [0.4, 0.5) is 0 Å². The summed E-state index contributed by atoms with van der Waals surface area (Å²) in [6, 6.07) is 5.25. The zero-order valence-corrected chi connectivity index (χ0v) is 12.1. The van der Waals surface area contributed by atoms with Crippen molar-refractivity contribution in [3.05, 3.63) is 23.8 Å². The highest BCUT2D eigenvalue weighted by Gasteiger charge is 2.27. The molecule has 0 radical (unpaired) electrons. The number of aromatic hydroxyl groups is 2. The maximum absolute atomic E-state index is 9.87. The van der Waals surface area contributed by atoms with Gasteiger partial charge in [0.1, 0.15) is 11.5 Å². The molecule has 1 aromatic carbocycles. The van der Waals surface area contributed by atoms with Gasteiger partial charge in [0.05, 0.1) is 0 Å². The van der Waals surface area contributed by atoms with Gasteiger partial charge in [-0.25, -0.2) is 0 Å². The van der Waals surface area contributed by atoms with Gasteiger partial charge in [-0.1, -0.05) is 13.8 Å². The molecule has 106 valence electrons. The maximum Gasteiger partial charge on any atom is 0.120 e. The van der Waals surface area contributed by atoms with E-state index in [0.717, 1.165) is 5.56 Å². The highest BCUT2D eigenvalue weighted by atomic mass is 16.3. The summed E-state index contributed by atoms with van der Waals surface area (Å²) in [6.07, 6.45) is 4.83. The van der Waals surface area contributed by atoms with Crippen LogP contribution < -0.4 is 5.32 Å². The highest BCUT2D eigenvalue weighted by molar-refractivity contribution is 5.40. The number of phenolic OH excluding ortho intramolecular Hbond substituents is 2. The smallest absolute Gasteiger partial charge is 0.120 e. The van der Waals surface area contributed by atoms with Crippen molar-refractivity contribution >= 4 is 0 Å². The summed E-state index contributed by atoms with van der Waals surface area (Å²) in [5.74, 6) is 0.445. The van der Waals surface area contributed by atoms with E-state index in [9.17, 15) is 10.2 Å². The average Bonchev–Trinajstić information content (AvgIpc) is 2.35. The van der Waals surface area contributed by atoms with Gasteiger partial charge >= 0.3 is 0 Å². The summed E-state index contributed by atoms with van der Waals surface area (Å²) in [5, 5.41) is 23.0. The SMILES string of the molecule is CC(NC1CCC(C)(C)CC1)c1cc(O)ccc1O. The van der Waals surface area contributed by atoms with E-state index >= 15 is 0 Å². The molecule has 1 atom stereocenters. The van der Waals surface area contributed by atoms with Crippen LogP contribution >= 0.6 is 0 Å². The Bertz CT molecular complexity index is 432. The first-order valence-corrected chi connectivity index (χ1v) is 7.15. The Morgan fingerprint density at radius 3 is 2.47 bits per heavy atom. The molecule has 1 aliphatic rings. The Balaban J connectivity index is 1.98. The fourth-order valence-corrected chi connectivity index (χ4v) is 2.90. The molecule has 0 saturated heterocycles. The molecule has 0 spiro atoms. The molecular formula is C16H25NO2. The lowest BCUT2D eigenvalue weighted by atomic mass is 9.75. The Morgan fingerprint density at radius 1 is 1.21 bits per heavy atom. The van der Waals surface area contributed by atoms with E-state index in [0.29, 0.717) is 11.5 Å². The van der Waals surface area contributed by atoms with Crippen LogP contribution in [0.5, 0.6) is 11.5 Å². The molecule has 1 aliphatic carbocycles. The van der Waals surface area contributed by atoms with Gasteiger partial charge in [0.15, 0.2) is 0 Å². The van der Waals surface area contributed by atoms with Crippen LogP contribution in [0.15, 0.2) is 18.2 Å². The molecule has 19 heavy (non-hydrogen) atoms. The molecule has 0 aromatic heterocycles. The minimum Gasteiger partial charge on any atom is -0.508 e. The van der Waals surface area contributed by atoms with E-state index in [1.54, 1.807) is 12.1 Å². The fraction of sp³-hybridized carbons (Fsp3) is 0.625. The Morgan fingerprint density at radius 2 is 1.84 bits per heavy atom. The zero-order chi connectivity index (χ0) is 14.0. The molecule has 1 fully saturated rings. The quantitative estimate of drug-likeness (QED) is 0.729. The summed E-state index contributed by atoms with van der Waals surface area (Å²) in [4.78, 5) is 0. The molecule has 3 heteroatoms. The van der Waals surface area contributed by atoms with E-state index in [1.807, 2.05) is 6.92 Å². The molecule has 1 aromatic rings. The van der Waals surface area contributed by atoms with Gasteiger partial charge in [-0.15, -0.1) is 0 Å². The molecule has 0 heterocycles. The number of rotatable bonds is 3. The summed E-state index contributed by atoms with van der Waals surface area (Å²) in [6.45, 7) is 6.69. The Kier molecular flexibility index (Phi) is 4.04. The second-order valence-corrected chi connectivity index (χ2v) is 6.57. The average molecular weight is 263 g/mol. The minimum atomic E-state index is 0.0540. The van der Waals surface area contributed by atoms with Gasteiger partial charge in [-0.3, -0.25) is 0 Å². The van der Waals surface area contributed by atoms with Crippen molar-refractivity contribution in [2.45, 2.75) is 58.5 Å². The van der Waals surface area contributed by atoms with E-state index in [2.05, 4.69) is 19.2 Å². The zero-order valence-electron chi connectivity index (χ0n) is 12.1. The minimum absolute atomic E-state index is 0.0540. The summed E-state index contributed by atoms with van der Waals surface area (Å²) >= 11 is 0. The van der Waals surface area contributed by atoms with E-state index < -0.39 is 0 Å². The molecule has 0 amide bonds. The predicted molar refractivity (Wildman–Crippen MR) is 77.4 cm³/mol. The molecule has 1 unspecified atom stereocenters. The number of phenols is 2. The van der Waals surface area contributed by atoms with Crippen molar-refractivity contribution in [2.24, 2.45) is 5.41 Å². The third kappa shape index (κ3) is 3.63. The lowest BCUT2D eigenvalue weighted by Crippen LogP contribution is -2.37. The lowest BCUT2D eigenvalue weighted by Gasteiger charge is -2.36. The summed E-state index contributed by atoms with van der Waals surface area (Å²) in [7, 11) is 0. The molecular weight excluding hydrogens is 238 g/mol. The third-order valence-corrected chi connectivity index (χ3v) is 4.30. The van der Waals surface area contributed by atoms with Crippen LogP contribution in [0.3, 0.4) is 0 Å². The number of hydrogen-bond acceptors (Lipinski definition) is 3. The van der Waals surface area contributed by atoms with Gasteiger partial charge in [0, 0.05) is 17.6 Å². The van der Waals surface area contributed by atoms with Crippen molar-refractivity contribution in [3.8, 4) is 11.5 Å². The van der Waals surface area contributed by atoms with Crippen LogP contribution in [0, 0.1) is 5.41 Å². The second-order valence-electron chi connectivity index (χ2n) is 6.57. The molecule has 0 aliphatic heterocycles. The first-order chi connectivity index (χ1) is 8.87. The number of hydrogen-bond donors (Lipinski definition) is 3. The van der Waals surface area contributed by atoms with Crippen molar-refractivity contribution < 1.29 is 10.2 Å². The first kappa shape index (κ1) is 14.2. The van der Waals surface area contributed by atoms with E-state index in [1.165, 1.54) is 31.7 Å². The normalized spacial score (nSPS) is 21.2. The molecule has 1 saturated carbocycles. The molecule has 3 N–H and O–H groups in total. The van der Waals surface area contributed by atoms with Crippen molar-refractivity contribution in [2.75, 3.05) is 0 Å². The van der Waals surface area contributed by atoms with Crippen molar-refractivity contribution in [1.82, 2.24) is 5.32 Å². The van der Waals surface area contributed by atoms with Crippen molar-refractivity contribution in [1.29, 1.82) is 0 Å². The van der Waals surface area contributed by atoms with Gasteiger partial charge in [-0.2, -0.15) is 0 Å². The number of benzene rings is 1. The molecule has 3 nitrogen and oxygen atoms in total. The highest BCUT2D eigenvalue weighted by Crippen LogP contribution is 2.36. The van der Waals surface area contributed by atoms with Crippen LogP contribution in [0.1, 0.15) is 58.1 Å². The Hall–Kier alpha value is -1.22. The maximum atomic E-state index is 9.87. The largest absolute Gasteiger partial charge is 0.508 e. The third-order valence-electron chi connectivity index (χ3n) is 4.30.